The first-order valence-corrected chi connectivity index (χ1v) is 10.5. The van der Waals surface area contributed by atoms with E-state index in [9.17, 15) is 17.6 Å². The average Bonchev–Trinajstić information content (AvgIpc) is 2.70. The molecule has 9 heteroatoms. The van der Waals surface area contributed by atoms with Crippen molar-refractivity contribution in [1.82, 2.24) is 9.21 Å². The second kappa shape index (κ2) is 8.57. The van der Waals surface area contributed by atoms with E-state index in [0.29, 0.717) is 23.7 Å². The first-order valence-electron chi connectivity index (χ1n) is 8.66. The summed E-state index contributed by atoms with van der Waals surface area (Å²) in [4.78, 5) is 14.2. The van der Waals surface area contributed by atoms with Crippen molar-refractivity contribution in [2.24, 2.45) is 0 Å². The van der Waals surface area contributed by atoms with Crippen LogP contribution in [0.3, 0.4) is 0 Å². The van der Waals surface area contributed by atoms with Crippen LogP contribution in [-0.2, 0) is 19.6 Å². The van der Waals surface area contributed by atoms with E-state index in [4.69, 9.17) is 16.3 Å². The molecule has 0 radical (unpaired) electrons. The quantitative estimate of drug-likeness (QED) is 0.688. The number of hydrogen-bond donors (Lipinski definition) is 0. The molecule has 1 atom stereocenters. The Kier molecular flexibility index (Phi) is 6.34. The van der Waals surface area contributed by atoms with Gasteiger partial charge in [0.15, 0.2) is 0 Å². The van der Waals surface area contributed by atoms with Crippen LogP contribution in [0.25, 0.3) is 0 Å². The fraction of sp³-hybridized carbons (Fsp3) is 0.316. The number of piperazine rings is 1. The third-order valence-corrected chi connectivity index (χ3v) is 6.94. The van der Waals surface area contributed by atoms with Gasteiger partial charge in [0.05, 0.1) is 12.0 Å². The van der Waals surface area contributed by atoms with Gasteiger partial charge in [-0.2, -0.15) is 4.31 Å². The summed E-state index contributed by atoms with van der Waals surface area (Å²) in [6.07, 6.45) is 0. The van der Waals surface area contributed by atoms with Crippen LogP contribution in [-0.4, -0.2) is 56.9 Å². The highest BCUT2D eigenvalue weighted by molar-refractivity contribution is 7.89. The SMILES string of the molecule is COC(=O)C(c1ccccc1Cl)N1CCN(S(=O)(=O)c2cccc(F)c2)CC1. The Bertz CT molecular complexity index is 962. The highest BCUT2D eigenvalue weighted by Gasteiger charge is 2.35. The van der Waals surface area contributed by atoms with Gasteiger partial charge in [-0.05, 0) is 29.8 Å². The van der Waals surface area contributed by atoms with E-state index >= 15 is 0 Å². The number of halogens is 2. The monoisotopic (exact) mass is 426 g/mol. The largest absolute Gasteiger partial charge is 0.468 e. The third-order valence-electron chi connectivity index (χ3n) is 4.70. The van der Waals surface area contributed by atoms with Crippen LogP contribution in [0.15, 0.2) is 53.4 Å². The molecule has 0 spiro atoms. The molecule has 2 aromatic carbocycles. The zero-order valence-corrected chi connectivity index (χ0v) is 16.8. The maximum absolute atomic E-state index is 13.4. The van der Waals surface area contributed by atoms with Gasteiger partial charge in [-0.3, -0.25) is 4.90 Å². The number of hydrogen-bond acceptors (Lipinski definition) is 5. The molecule has 0 amide bonds. The van der Waals surface area contributed by atoms with E-state index in [1.807, 2.05) is 4.90 Å². The van der Waals surface area contributed by atoms with E-state index in [1.54, 1.807) is 24.3 Å². The number of rotatable bonds is 5. The number of methoxy groups -OCH3 is 1. The van der Waals surface area contributed by atoms with Gasteiger partial charge >= 0.3 is 5.97 Å². The zero-order valence-electron chi connectivity index (χ0n) is 15.2. The number of carbonyl (C=O) groups excluding carboxylic acids is 1. The van der Waals surface area contributed by atoms with Crippen LogP contribution < -0.4 is 0 Å². The Labute approximate surface area is 168 Å². The molecule has 1 aliphatic rings. The van der Waals surface area contributed by atoms with Gasteiger partial charge in [0, 0.05) is 31.2 Å². The van der Waals surface area contributed by atoms with E-state index in [1.165, 1.54) is 29.6 Å². The highest BCUT2D eigenvalue weighted by Crippen LogP contribution is 2.30. The molecular weight excluding hydrogens is 407 g/mol. The Morgan fingerprint density at radius 2 is 1.79 bits per heavy atom. The van der Waals surface area contributed by atoms with Crippen molar-refractivity contribution in [2.45, 2.75) is 10.9 Å². The molecule has 0 bridgehead atoms. The van der Waals surface area contributed by atoms with E-state index in [0.717, 1.165) is 6.07 Å². The molecule has 3 rings (SSSR count). The first-order chi connectivity index (χ1) is 13.3. The normalized spacial score (nSPS) is 17.2. The van der Waals surface area contributed by atoms with Gasteiger partial charge in [0.25, 0.3) is 0 Å². The third kappa shape index (κ3) is 4.20. The molecule has 0 N–H and O–H groups in total. The predicted molar refractivity (Wildman–Crippen MR) is 103 cm³/mol. The molecule has 28 heavy (non-hydrogen) atoms. The number of ether oxygens (including phenoxy) is 1. The molecule has 0 aromatic heterocycles. The molecule has 1 heterocycles. The topological polar surface area (TPSA) is 66.9 Å². The van der Waals surface area contributed by atoms with E-state index < -0.39 is 27.9 Å². The standard InChI is InChI=1S/C19H20ClFN2O4S/c1-27-19(24)18(16-7-2-3-8-17(16)20)22-9-11-23(12-10-22)28(25,26)15-6-4-5-14(21)13-15/h2-8,13,18H,9-12H2,1H3. The predicted octanol–water partition coefficient (Wildman–Crippen LogP) is 2.70. The summed E-state index contributed by atoms with van der Waals surface area (Å²) in [6.45, 7) is 0.937. The lowest BCUT2D eigenvalue weighted by atomic mass is 10.0. The van der Waals surface area contributed by atoms with Gasteiger partial charge in [-0.1, -0.05) is 35.9 Å². The van der Waals surface area contributed by atoms with Crippen molar-refractivity contribution in [3.05, 3.63) is 64.9 Å². The molecule has 1 fully saturated rings. The molecule has 6 nitrogen and oxygen atoms in total. The Hall–Kier alpha value is -2.00. The Balaban J connectivity index is 1.79. The summed E-state index contributed by atoms with van der Waals surface area (Å²) in [5, 5.41) is 0.438. The van der Waals surface area contributed by atoms with E-state index in [-0.39, 0.29) is 18.0 Å². The van der Waals surface area contributed by atoms with E-state index in [2.05, 4.69) is 0 Å². The molecule has 150 valence electrons. The maximum Gasteiger partial charge on any atom is 0.327 e. The summed E-state index contributed by atoms with van der Waals surface area (Å²) in [5.41, 5.74) is 0.609. The van der Waals surface area contributed by atoms with Crippen molar-refractivity contribution in [2.75, 3.05) is 33.3 Å². The van der Waals surface area contributed by atoms with Crippen LogP contribution in [0.2, 0.25) is 5.02 Å². The molecule has 0 aliphatic carbocycles. The first kappa shape index (κ1) is 20.7. The lowest BCUT2D eigenvalue weighted by Gasteiger charge is -2.37. The summed E-state index contributed by atoms with van der Waals surface area (Å²) in [6, 6.07) is 11.2. The lowest BCUT2D eigenvalue weighted by Crippen LogP contribution is -2.51. The van der Waals surface area contributed by atoms with Crippen LogP contribution in [0.4, 0.5) is 4.39 Å². The summed E-state index contributed by atoms with van der Waals surface area (Å²) in [7, 11) is -2.51. The van der Waals surface area contributed by atoms with Crippen molar-refractivity contribution in [3.63, 3.8) is 0 Å². The molecule has 2 aromatic rings. The minimum atomic E-state index is -3.81. The molecule has 1 aliphatic heterocycles. The molecule has 1 unspecified atom stereocenters. The number of esters is 1. The maximum atomic E-state index is 13.4. The summed E-state index contributed by atoms with van der Waals surface area (Å²) in [5.74, 6) is -1.07. The van der Waals surface area contributed by atoms with Gasteiger partial charge < -0.3 is 4.74 Å². The molecule has 1 saturated heterocycles. The average molecular weight is 427 g/mol. The summed E-state index contributed by atoms with van der Waals surface area (Å²) < 4.78 is 45.2. The van der Waals surface area contributed by atoms with Crippen LogP contribution in [0, 0.1) is 5.82 Å². The van der Waals surface area contributed by atoms with Crippen LogP contribution in [0.5, 0.6) is 0 Å². The van der Waals surface area contributed by atoms with Crippen molar-refractivity contribution < 1.29 is 22.3 Å². The number of sulfonamides is 1. The van der Waals surface area contributed by atoms with Crippen LogP contribution in [0.1, 0.15) is 11.6 Å². The molecule has 0 saturated carbocycles. The Morgan fingerprint density at radius 1 is 1.11 bits per heavy atom. The smallest absolute Gasteiger partial charge is 0.327 e. The lowest BCUT2D eigenvalue weighted by molar-refractivity contribution is -0.147. The summed E-state index contributed by atoms with van der Waals surface area (Å²) >= 11 is 6.26. The van der Waals surface area contributed by atoms with Gasteiger partial charge in [0.1, 0.15) is 11.9 Å². The number of carbonyl (C=O) groups is 1. The van der Waals surface area contributed by atoms with Crippen LogP contribution >= 0.6 is 11.6 Å². The van der Waals surface area contributed by atoms with Gasteiger partial charge in [-0.25, -0.2) is 17.6 Å². The fourth-order valence-corrected chi connectivity index (χ4v) is 4.95. The minimum Gasteiger partial charge on any atom is -0.468 e. The van der Waals surface area contributed by atoms with Gasteiger partial charge in [-0.15, -0.1) is 0 Å². The minimum absolute atomic E-state index is 0.0865. The fourth-order valence-electron chi connectivity index (χ4n) is 3.26. The number of benzene rings is 2. The highest BCUT2D eigenvalue weighted by atomic mass is 35.5. The van der Waals surface area contributed by atoms with Crippen molar-refractivity contribution >= 4 is 27.6 Å². The Morgan fingerprint density at radius 3 is 2.39 bits per heavy atom. The van der Waals surface area contributed by atoms with Crippen molar-refractivity contribution in [1.29, 1.82) is 0 Å². The molecular formula is C19H20ClFN2O4S. The van der Waals surface area contributed by atoms with Crippen molar-refractivity contribution in [3.8, 4) is 0 Å². The van der Waals surface area contributed by atoms with Gasteiger partial charge in [0.2, 0.25) is 10.0 Å². The number of nitrogens with zero attached hydrogens (tertiary/aromatic N) is 2. The second-order valence-electron chi connectivity index (χ2n) is 6.34. The second-order valence-corrected chi connectivity index (χ2v) is 8.69. The zero-order chi connectivity index (χ0) is 20.3.